The Balaban J connectivity index is 1.47. The highest BCUT2D eigenvalue weighted by molar-refractivity contribution is 5.95. The molecule has 1 N–H and O–H groups in total. The molecule has 5 nitrogen and oxygen atoms in total. The summed E-state index contributed by atoms with van der Waals surface area (Å²) in [5.74, 6) is 1.22. The minimum Gasteiger partial charge on any atom is -0.496 e. The molecule has 0 saturated carbocycles. The Kier molecular flexibility index (Phi) is 5.90. The zero-order valence-corrected chi connectivity index (χ0v) is 16.7. The van der Waals surface area contributed by atoms with E-state index in [0.29, 0.717) is 24.5 Å². The molecule has 0 radical (unpaired) electrons. The summed E-state index contributed by atoms with van der Waals surface area (Å²) < 4.78 is 11.3. The maximum Gasteiger partial charge on any atom is 0.251 e. The number of nitrogens with one attached hydrogen (secondary N) is 1. The molecule has 30 heavy (non-hydrogen) atoms. The van der Waals surface area contributed by atoms with Gasteiger partial charge in [-0.2, -0.15) is 0 Å². The van der Waals surface area contributed by atoms with E-state index in [0.717, 1.165) is 27.6 Å². The first-order valence-electron chi connectivity index (χ1n) is 9.69. The second-order valence-electron chi connectivity index (χ2n) is 6.83. The quantitative estimate of drug-likeness (QED) is 0.488. The Bertz CT molecular complexity index is 1160. The zero-order chi connectivity index (χ0) is 20.8. The monoisotopic (exact) mass is 398 g/mol. The molecule has 4 aromatic rings. The standard InChI is InChI=1S/C25H22N2O3/c1-29-24-12-11-19-7-2-3-10-22(19)23(24)16-27-25(28)20-8-4-9-21(14-20)30-17-18-6-5-13-26-15-18/h2-15H,16-17H2,1H3,(H,27,28). The third-order valence-corrected chi connectivity index (χ3v) is 4.87. The molecule has 0 aliphatic heterocycles. The smallest absolute Gasteiger partial charge is 0.251 e. The number of hydrogen-bond acceptors (Lipinski definition) is 4. The van der Waals surface area contributed by atoms with E-state index >= 15 is 0 Å². The topological polar surface area (TPSA) is 60.5 Å². The van der Waals surface area contributed by atoms with Gasteiger partial charge in [-0.1, -0.05) is 42.5 Å². The Morgan fingerprint density at radius 2 is 1.90 bits per heavy atom. The number of methoxy groups -OCH3 is 1. The van der Waals surface area contributed by atoms with Crippen LogP contribution in [0.5, 0.6) is 11.5 Å². The minimum absolute atomic E-state index is 0.170. The first-order chi connectivity index (χ1) is 14.7. The van der Waals surface area contributed by atoms with Gasteiger partial charge in [-0.3, -0.25) is 9.78 Å². The fraction of sp³-hybridized carbons (Fsp3) is 0.120. The Morgan fingerprint density at radius 3 is 2.73 bits per heavy atom. The maximum absolute atomic E-state index is 12.8. The van der Waals surface area contributed by atoms with E-state index in [4.69, 9.17) is 9.47 Å². The fourth-order valence-electron chi connectivity index (χ4n) is 3.34. The molecule has 4 rings (SSSR count). The summed E-state index contributed by atoms with van der Waals surface area (Å²) in [5.41, 5.74) is 2.46. The molecule has 0 spiro atoms. The number of amides is 1. The second kappa shape index (κ2) is 9.09. The predicted octanol–water partition coefficient (Wildman–Crippen LogP) is 4.75. The van der Waals surface area contributed by atoms with E-state index in [1.165, 1.54) is 0 Å². The van der Waals surface area contributed by atoms with Crippen LogP contribution in [-0.4, -0.2) is 18.0 Å². The van der Waals surface area contributed by atoms with Crippen LogP contribution in [0.25, 0.3) is 10.8 Å². The average Bonchev–Trinajstić information content (AvgIpc) is 2.81. The van der Waals surface area contributed by atoms with E-state index in [9.17, 15) is 4.79 Å². The van der Waals surface area contributed by atoms with Crippen molar-refractivity contribution in [2.45, 2.75) is 13.2 Å². The first kappa shape index (κ1) is 19.5. The molecule has 0 saturated heterocycles. The van der Waals surface area contributed by atoms with Gasteiger partial charge < -0.3 is 14.8 Å². The van der Waals surface area contributed by atoms with Gasteiger partial charge in [0.2, 0.25) is 0 Å². The van der Waals surface area contributed by atoms with Crippen LogP contribution in [0.1, 0.15) is 21.5 Å². The molecule has 1 amide bonds. The van der Waals surface area contributed by atoms with Crippen LogP contribution in [-0.2, 0) is 13.2 Å². The summed E-state index contributed by atoms with van der Waals surface area (Å²) in [4.78, 5) is 16.8. The molecule has 0 atom stereocenters. The van der Waals surface area contributed by atoms with Crippen LogP contribution >= 0.6 is 0 Å². The molecule has 5 heteroatoms. The van der Waals surface area contributed by atoms with Crippen LogP contribution in [0.2, 0.25) is 0 Å². The molecule has 1 aromatic heterocycles. The fourth-order valence-corrected chi connectivity index (χ4v) is 3.34. The average molecular weight is 398 g/mol. The number of carbonyl (C=O) groups excluding carboxylic acids is 1. The van der Waals surface area contributed by atoms with Gasteiger partial charge in [0.15, 0.2) is 0 Å². The molecule has 0 fully saturated rings. The molecule has 0 aliphatic carbocycles. The van der Waals surface area contributed by atoms with Crippen LogP contribution in [0.4, 0.5) is 0 Å². The summed E-state index contributed by atoms with van der Waals surface area (Å²) in [6.45, 7) is 0.760. The molecular weight excluding hydrogens is 376 g/mol. The lowest BCUT2D eigenvalue weighted by Crippen LogP contribution is -2.23. The van der Waals surface area contributed by atoms with Crippen molar-refractivity contribution in [2.75, 3.05) is 7.11 Å². The van der Waals surface area contributed by atoms with Gasteiger partial charge in [0, 0.05) is 35.6 Å². The Morgan fingerprint density at radius 1 is 1.00 bits per heavy atom. The Labute approximate surface area is 175 Å². The highest BCUT2D eigenvalue weighted by Gasteiger charge is 2.12. The van der Waals surface area contributed by atoms with Crippen LogP contribution in [0.3, 0.4) is 0 Å². The van der Waals surface area contributed by atoms with E-state index < -0.39 is 0 Å². The Hall–Kier alpha value is -3.86. The summed E-state index contributed by atoms with van der Waals surface area (Å²) in [5, 5.41) is 5.16. The molecule has 1 heterocycles. The van der Waals surface area contributed by atoms with E-state index in [-0.39, 0.29) is 5.91 Å². The SMILES string of the molecule is COc1ccc2ccccc2c1CNC(=O)c1cccc(OCc2cccnc2)c1. The normalized spacial score (nSPS) is 10.6. The number of hydrogen-bond donors (Lipinski definition) is 1. The van der Waals surface area contributed by atoms with Gasteiger partial charge in [0.05, 0.1) is 7.11 Å². The van der Waals surface area contributed by atoms with Gasteiger partial charge in [-0.25, -0.2) is 0 Å². The molecular formula is C25H22N2O3. The number of carbonyl (C=O) groups is 1. The van der Waals surface area contributed by atoms with Crippen molar-refractivity contribution in [3.63, 3.8) is 0 Å². The van der Waals surface area contributed by atoms with Crippen molar-refractivity contribution in [3.05, 3.63) is 102 Å². The largest absolute Gasteiger partial charge is 0.496 e. The third-order valence-electron chi connectivity index (χ3n) is 4.87. The van der Waals surface area contributed by atoms with Gasteiger partial charge in [-0.05, 0) is 41.1 Å². The number of nitrogens with zero attached hydrogens (tertiary/aromatic N) is 1. The lowest BCUT2D eigenvalue weighted by molar-refractivity contribution is 0.0950. The third kappa shape index (κ3) is 4.41. The van der Waals surface area contributed by atoms with Gasteiger partial charge in [0.25, 0.3) is 5.91 Å². The van der Waals surface area contributed by atoms with Crippen molar-refractivity contribution in [1.29, 1.82) is 0 Å². The van der Waals surface area contributed by atoms with Crippen LogP contribution in [0.15, 0.2) is 85.2 Å². The molecule has 150 valence electrons. The predicted molar refractivity (Wildman–Crippen MR) is 117 cm³/mol. The van der Waals surface area contributed by atoms with Crippen molar-refractivity contribution >= 4 is 16.7 Å². The summed E-state index contributed by atoms with van der Waals surface area (Å²) >= 11 is 0. The number of ether oxygens (including phenoxy) is 2. The number of rotatable bonds is 7. The maximum atomic E-state index is 12.8. The van der Waals surface area contributed by atoms with Crippen molar-refractivity contribution in [1.82, 2.24) is 10.3 Å². The first-order valence-corrected chi connectivity index (χ1v) is 9.69. The van der Waals surface area contributed by atoms with E-state index in [1.54, 1.807) is 31.6 Å². The number of fused-ring (bicyclic) bond motifs is 1. The van der Waals surface area contributed by atoms with E-state index in [1.807, 2.05) is 60.7 Å². The number of pyridine rings is 1. The number of aromatic nitrogens is 1. The highest BCUT2D eigenvalue weighted by atomic mass is 16.5. The van der Waals surface area contributed by atoms with Crippen LogP contribution < -0.4 is 14.8 Å². The van der Waals surface area contributed by atoms with Gasteiger partial charge >= 0.3 is 0 Å². The second-order valence-corrected chi connectivity index (χ2v) is 6.83. The molecule has 3 aromatic carbocycles. The lowest BCUT2D eigenvalue weighted by atomic mass is 10.0. The van der Waals surface area contributed by atoms with E-state index in [2.05, 4.69) is 10.3 Å². The van der Waals surface area contributed by atoms with Crippen molar-refractivity contribution < 1.29 is 14.3 Å². The summed E-state index contributed by atoms with van der Waals surface area (Å²) in [7, 11) is 1.64. The molecule has 0 aliphatic rings. The molecule has 0 bridgehead atoms. The van der Waals surface area contributed by atoms with Crippen molar-refractivity contribution in [3.8, 4) is 11.5 Å². The zero-order valence-electron chi connectivity index (χ0n) is 16.7. The van der Waals surface area contributed by atoms with Gasteiger partial charge in [0.1, 0.15) is 18.1 Å². The van der Waals surface area contributed by atoms with Gasteiger partial charge in [-0.15, -0.1) is 0 Å². The summed E-state index contributed by atoms with van der Waals surface area (Å²) in [6, 6.07) is 23.0. The molecule has 0 unspecified atom stereocenters. The number of benzene rings is 3. The van der Waals surface area contributed by atoms with Crippen molar-refractivity contribution in [2.24, 2.45) is 0 Å². The highest BCUT2D eigenvalue weighted by Crippen LogP contribution is 2.28. The minimum atomic E-state index is -0.170. The summed E-state index contributed by atoms with van der Waals surface area (Å²) in [6.07, 6.45) is 3.48. The van der Waals surface area contributed by atoms with Crippen LogP contribution in [0, 0.1) is 0 Å². The lowest BCUT2D eigenvalue weighted by Gasteiger charge is -2.13.